The molecule has 1 aromatic carbocycles. The lowest BCUT2D eigenvalue weighted by atomic mass is 9.79. The van der Waals surface area contributed by atoms with Crippen LogP contribution in [0.1, 0.15) is 50.6 Å². The van der Waals surface area contributed by atoms with Crippen molar-refractivity contribution in [2.45, 2.75) is 56.8 Å². The first-order valence-corrected chi connectivity index (χ1v) is 8.39. The molecule has 5 nitrogen and oxygen atoms in total. The summed E-state index contributed by atoms with van der Waals surface area (Å²) in [6.07, 6.45) is 5.24. The van der Waals surface area contributed by atoms with Crippen molar-refractivity contribution in [1.82, 2.24) is 15.0 Å². The molecular weight excluding hydrogens is 290 g/mol. The number of benzene rings is 1. The quantitative estimate of drug-likeness (QED) is 0.946. The van der Waals surface area contributed by atoms with Gasteiger partial charge in [0.1, 0.15) is 17.8 Å². The first kappa shape index (κ1) is 14.8. The summed E-state index contributed by atoms with van der Waals surface area (Å²) in [5.74, 6) is 0.704. The van der Waals surface area contributed by atoms with Crippen molar-refractivity contribution in [2.75, 3.05) is 6.61 Å². The van der Waals surface area contributed by atoms with E-state index in [9.17, 15) is 5.11 Å². The lowest BCUT2D eigenvalue weighted by Crippen LogP contribution is -2.36. The van der Waals surface area contributed by atoms with Crippen LogP contribution < -0.4 is 0 Å². The minimum Gasteiger partial charge on any atom is -0.388 e. The van der Waals surface area contributed by atoms with Gasteiger partial charge >= 0.3 is 0 Å². The van der Waals surface area contributed by atoms with Gasteiger partial charge in [0, 0.05) is 5.56 Å². The van der Waals surface area contributed by atoms with E-state index in [1.807, 2.05) is 20.0 Å². The number of aliphatic hydroxyl groups excluding tert-OH is 1. The van der Waals surface area contributed by atoms with Crippen molar-refractivity contribution in [3.8, 4) is 11.3 Å². The van der Waals surface area contributed by atoms with Crippen molar-refractivity contribution < 1.29 is 9.84 Å². The van der Waals surface area contributed by atoms with Gasteiger partial charge in [0.2, 0.25) is 0 Å². The summed E-state index contributed by atoms with van der Waals surface area (Å²) in [5, 5.41) is 18.9. The van der Waals surface area contributed by atoms with Crippen molar-refractivity contribution >= 4 is 0 Å². The second kappa shape index (κ2) is 5.42. The second-order valence-corrected chi connectivity index (χ2v) is 7.26. The Hall–Kier alpha value is -1.72. The van der Waals surface area contributed by atoms with E-state index in [4.69, 9.17) is 4.74 Å². The summed E-state index contributed by atoms with van der Waals surface area (Å²) in [4.78, 5) is 0. The SMILES string of the molecule is CC1(C)OC[C@H](n2cc(-c3cccc(C4CCC4)c3)nn2)[C@H]1O. The van der Waals surface area contributed by atoms with Crippen molar-refractivity contribution in [2.24, 2.45) is 0 Å². The predicted octanol–water partition coefficient (Wildman–Crippen LogP) is 2.92. The molecule has 1 N–H and O–H groups in total. The molecule has 2 aromatic rings. The van der Waals surface area contributed by atoms with Crippen molar-refractivity contribution in [3.63, 3.8) is 0 Å². The van der Waals surface area contributed by atoms with Crippen LogP contribution in [0.5, 0.6) is 0 Å². The highest BCUT2D eigenvalue weighted by molar-refractivity contribution is 5.59. The maximum absolute atomic E-state index is 10.4. The highest BCUT2D eigenvalue weighted by atomic mass is 16.5. The molecule has 0 unspecified atom stereocenters. The van der Waals surface area contributed by atoms with Gasteiger partial charge in [-0.2, -0.15) is 0 Å². The standard InChI is InChI=1S/C18H23N3O2/c1-18(2)17(22)16(11-23-18)21-10-15(19-20-21)14-8-4-7-13(9-14)12-5-3-6-12/h4,7-10,12,16-17,22H,3,5-6,11H2,1-2H3/t16-,17+/m0/s1. The third kappa shape index (κ3) is 2.58. The van der Waals surface area contributed by atoms with Gasteiger partial charge in [-0.15, -0.1) is 5.10 Å². The minimum absolute atomic E-state index is 0.180. The van der Waals surface area contributed by atoms with E-state index in [-0.39, 0.29) is 6.04 Å². The fourth-order valence-electron chi connectivity index (χ4n) is 3.43. The largest absolute Gasteiger partial charge is 0.388 e. The lowest BCUT2D eigenvalue weighted by molar-refractivity contribution is -0.0311. The van der Waals surface area contributed by atoms with E-state index in [1.165, 1.54) is 24.8 Å². The maximum Gasteiger partial charge on any atom is 0.113 e. The zero-order valence-electron chi connectivity index (χ0n) is 13.6. The zero-order valence-corrected chi connectivity index (χ0v) is 13.6. The third-order valence-corrected chi connectivity index (χ3v) is 5.31. The molecule has 2 fully saturated rings. The van der Waals surface area contributed by atoms with Crippen LogP contribution in [0.25, 0.3) is 11.3 Å². The first-order chi connectivity index (χ1) is 11.0. The Morgan fingerprint density at radius 1 is 1.30 bits per heavy atom. The van der Waals surface area contributed by atoms with E-state index in [0.29, 0.717) is 12.5 Å². The molecule has 23 heavy (non-hydrogen) atoms. The summed E-state index contributed by atoms with van der Waals surface area (Å²) in [7, 11) is 0. The van der Waals surface area contributed by atoms with Crippen LogP contribution >= 0.6 is 0 Å². The van der Waals surface area contributed by atoms with Crippen LogP contribution in [0.4, 0.5) is 0 Å². The van der Waals surface area contributed by atoms with Crippen molar-refractivity contribution in [1.29, 1.82) is 0 Å². The number of hydrogen-bond acceptors (Lipinski definition) is 4. The molecule has 1 aromatic heterocycles. The molecule has 122 valence electrons. The number of aliphatic hydroxyl groups is 1. The van der Waals surface area contributed by atoms with Gasteiger partial charge in [-0.1, -0.05) is 29.8 Å². The van der Waals surface area contributed by atoms with Crippen LogP contribution in [0.15, 0.2) is 30.5 Å². The topological polar surface area (TPSA) is 60.2 Å². The Labute approximate surface area is 136 Å². The molecule has 5 heteroatoms. The summed E-state index contributed by atoms with van der Waals surface area (Å²) in [6, 6.07) is 8.42. The second-order valence-electron chi connectivity index (χ2n) is 7.26. The van der Waals surface area contributed by atoms with Crippen molar-refractivity contribution in [3.05, 3.63) is 36.0 Å². The average Bonchev–Trinajstić information content (AvgIpc) is 3.04. The maximum atomic E-state index is 10.4. The average molecular weight is 313 g/mol. The van der Waals surface area contributed by atoms with Gasteiger partial charge in [0.15, 0.2) is 0 Å². The number of hydrogen-bond donors (Lipinski definition) is 1. The molecule has 0 bridgehead atoms. The van der Waals surface area contributed by atoms with E-state index >= 15 is 0 Å². The molecule has 1 saturated carbocycles. The molecule has 0 amide bonds. The summed E-state index contributed by atoms with van der Waals surface area (Å²) < 4.78 is 7.41. The van der Waals surface area contributed by atoms with E-state index in [1.54, 1.807) is 4.68 Å². The van der Waals surface area contributed by atoms with E-state index in [2.05, 4.69) is 34.6 Å². The zero-order chi connectivity index (χ0) is 16.0. The molecule has 1 aliphatic heterocycles. The Bertz CT molecular complexity index is 706. The normalized spacial score (nSPS) is 27.1. The fourth-order valence-corrected chi connectivity index (χ4v) is 3.43. The minimum atomic E-state index is -0.585. The molecule has 1 aliphatic carbocycles. The third-order valence-electron chi connectivity index (χ3n) is 5.31. The Morgan fingerprint density at radius 3 is 2.78 bits per heavy atom. The highest BCUT2D eigenvalue weighted by Crippen LogP contribution is 2.38. The summed E-state index contributed by atoms with van der Waals surface area (Å²) in [6.45, 7) is 4.26. The highest BCUT2D eigenvalue weighted by Gasteiger charge is 2.43. The molecule has 0 radical (unpaired) electrons. The molecule has 1 saturated heterocycles. The number of aromatic nitrogens is 3. The smallest absolute Gasteiger partial charge is 0.113 e. The Balaban J connectivity index is 1.59. The Kier molecular flexibility index (Phi) is 3.50. The molecular formula is C18H23N3O2. The number of nitrogens with zero attached hydrogens (tertiary/aromatic N) is 3. The lowest BCUT2D eigenvalue weighted by Gasteiger charge is -2.26. The van der Waals surface area contributed by atoms with E-state index < -0.39 is 11.7 Å². The Morgan fingerprint density at radius 2 is 2.13 bits per heavy atom. The number of rotatable bonds is 3. The van der Waals surface area contributed by atoms with Gasteiger partial charge in [0.05, 0.1) is 18.4 Å². The first-order valence-electron chi connectivity index (χ1n) is 8.39. The van der Waals surface area contributed by atoms with Crippen LogP contribution in [0.2, 0.25) is 0 Å². The van der Waals surface area contributed by atoms with Gasteiger partial charge in [0.25, 0.3) is 0 Å². The predicted molar refractivity (Wildman–Crippen MR) is 87.1 cm³/mol. The monoisotopic (exact) mass is 313 g/mol. The van der Waals surface area contributed by atoms with Crippen LogP contribution in [0, 0.1) is 0 Å². The summed E-state index contributed by atoms with van der Waals surface area (Å²) in [5.41, 5.74) is 2.80. The molecule has 2 aliphatic rings. The fraction of sp³-hybridized carbons (Fsp3) is 0.556. The van der Waals surface area contributed by atoms with Gasteiger partial charge in [-0.05, 0) is 44.2 Å². The molecule has 2 atom stereocenters. The number of ether oxygens (including phenoxy) is 1. The molecule has 4 rings (SSSR count). The van der Waals surface area contributed by atoms with Gasteiger partial charge < -0.3 is 9.84 Å². The van der Waals surface area contributed by atoms with E-state index in [0.717, 1.165) is 11.3 Å². The van der Waals surface area contributed by atoms with Gasteiger partial charge in [-0.25, -0.2) is 4.68 Å². The van der Waals surface area contributed by atoms with Crippen LogP contribution in [0.3, 0.4) is 0 Å². The van der Waals surface area contributed by atoms with Gasteiger partial charge in [-0.3, -0.25) is 0 Å². The molecule has 2 heterocycles. The van der Waals surface area contributed by atoms with Crippen LogP contribution in [-0.2, 0) is 4.74 Å². The summed E-state index contributed by atoms with van der Waals surface area (Å²) >= 11 is 0. The van der Waals surface area contributed by atoms with Crippen LogP contribution in [-0.4, -0.2) is 38.4 Å². The molecule has 0 spiro atoms.